The van der Waals surface area contributed by atoms with Crippen molar-refractivity contribution < 1.29 is 4.79 Å². The number of carbonyl (C=O) groups excluding carboxylic acids is 1. The molecule has 4 rings (SSSR count). The summed E-state index contributed by atoms with van der Waals surface area (Å²) in [6.07, 6.45) is 5.79. The average Bonchev–Trinajstić information content (AvgIpc) is 3.25. The first-order chi connectivity index (χ1) is 13.6. The van der Waals surface area contributed by atoms with Crippen LogP contribution in [0, 0.1) is 13.8 Å². The maximum Gasteiger partial charge on any atom is 0.255 e. The van der Waals surface area contributed by atoms with Gasteiger partial charge in [-0.1, -0.05) is 29.8 Å². The molecule has 5 heteroatoms. The Morgan fingerprint density at radius 3 is 2.57 bits per heavy atom. The van der Waals surface area contributed by atoms with Gasteiger partial charge in [-0.3, -0.25) is 9.78 Å². The summed E-state index contributed by atoms with van der Waals surface area (Å²) in [7, 11) is 0. The molecule has 1 aliphatic heterocycles. The zero-order valence-electron chi connectivity index (χ0n) is 16.3. The maximum atomic E-state index is 12.8. The van der Waals surface area contributed by atoms with Crippen LogP contribution in [0.3, 0.4) is 0 Å². The molecule has 0 spiro atoms. The van der Waals surface area contributed by atoms with Crippen molar-refractivity contribution in [1.82, 2.24) is 9.97 Å². The molecular weight excluding hydrogens is 348 g/mol. The highest BCUT2D eigenvalue weighted by molar-refractivity contribution is 6.05. The zero-order chi connectivity index (χ0) is 19.5. The lowest BCUT2D eigenvalue weighted by Gasteiger charge is -2.19. The molecule has 2 heterocycles. The number of carbonyl (C=O) groups is 1. The van der Waals surface area contributed by atoms with E-state index >= 15 is 0 Å². The molecular formula is C23H24N4O. The molecule has 1 amide bonds. The highest BCUT2D eigenvalue weighted by Gasteiger charge is 2.19. The van der Waals surface area contributed by atoms with Gasteiger partial charge in [0.15, 0.2) is 5.82 Å². The van der Waals surface area contributed by atoms with E-state index in [4.69, 9.17) is 0 Å². The van der Waals surface area contributed by atoms with E-state index in [1.807, 2.05) is 50.2 Å². The summed E-state index contributed by atoms with van der Waals surface area (Å²) in [5.74, 6) is 0.771. The number of rotatable bonds is 4. The number of anilines is 2. The van der Waals surface area contributed by atoms with Gasteiger partial charge in [0.25, 0.3) is 5.91 Å². The number of aryl methyl sites for hydroxylation is 2. The van der Waals surface area contributed by atoms with Crippen molar-refractivity contribution in [3.63, 3.8) is 0 Å². The van der Waals surface area contributed by atoms with E-state index in [9.17, 15) is 4.79 Å². The molecule has 1 saturated heterocycles. The monoisotopic (exact) mass is 372 g/mol. The Bertz CT molecular complexity index is 1010. The lowest BCUT2D eigenvalue weighted by Crippen LogP contribution is -2.20. The largest absolute Gasteiger partial charge is 0.355 e. The smallest absolute Gasteiger partial charge is 0.255 e. The normalized spacial score (nSPS) is 13.6. The molecule has 0 bridgehead atoms. The standard InChI is InChI=1S/C23H24N4O/c1-16-8-9-20(17(2)14-16)26-23(28)19-7-5-6-18(15-19)21-22(25-11-10-24-21)27-12-3-4-13-27/h5-11,14-15H,3-4,12-13H2,1-2H3,(H,26,28). The lowest BCUT2D eigenvalue weighted by atomic mass is 10.1. The van der Waals surface area contributed by atoms with Crippen molar-refractivity contribution in [2.75, 3.05) is 23.3 Å². The quantitative estimate of drug-likeness (QED) is 0.726. The highest BCUT2D eigenvalue weighted by Crippen LogP contribution is 2.29. The first kappa shape index (κ1) is 18.2. The van der Waals surface area contributed by atoms with E-state index in [0.717, 1.165) is 41.4 Å². The number of benzene rings is 2. The molecule has 3 aromatic rings. The Hall–Kier alpha value is -3.21. The van der Waals surface area contributed by atoms with Crippen molar-refractivity contribution in [3.8, 4) is 11.3 Å². The second kappa shape index (κ2) is 7.80. The molecule has 1 N–H and O–H groups in total. The third-order valence-corrected chi connectivity index (χ3v) is 5.11. The molecule has 142 valence electrons. The van der Waals surface area contributed by atoms with E-state index in [1.165, 1.54) is 18.4 Å². The van der Waals surface area contributed by atoms with Crippen LogP contribution in [0.5, 0.6) is 0 Å². The summed E-state index contributed by atoms with van der Waals surface area (Å²) in [5, 5.41) is 3.02. The summed E-state index contributed by atoms with van der Waals surface area (Å²) in [4.78, 5) is 24.2. The van der Waals surface area contributed by atoms with Crippen LogP contribution in [0.2, 0.25) is 0 Å². The number of amides is 1. The summed E-state index contributed by atoms with van der Waals surface area (Å²) in [6.45, 7) is 6.04. The van der Waals surface area contributed by atoms with E-state index in [1.54, 1.807) is 12.4 Å². The van der Waals surface area contributed by atoms with E-state index in [2.05, 4.69) is 26.3 Å². The molecule has 1 aromatic heterocycles. The van der Waals surface area contributed by atoms with E-state index in [0.29, 0.717) is 5.56 Å². The van der Waals surface area contributed by atoms with Gasteiger partial charge in [0.1, 0.15) is 5.69 Å². The van der Waals surface area contributed by atoms with Crippen molar-refractivity contribution >= 4 is 17.4 Å². The van der Waals surface area contributed by atoms with Gasteiger partial charge in [-0.05, 0) is 50.5 Å². The summed E-state index contributed by atoms with van der Waals surface area (Å²) in [6, 6.07) is 13.6. The number of hydrogen-bond acceptors (Lipinski definition) is 4. The van der Waals surface area contributed by atoms with Crippen LogP contribution in [0.1, 0.15) is 34.3 Å². The Labute approximate surface area is 165 Å². The van der Waals surface area contributed by atoms with Gasteiger partial charge in [0.05, 0.1) is 0 Å². The van der Waals surface area contributed by atoms with Crippen LogP contribution in [-0.2, 0) is 0 Å². The molecule has 1 fully saturated rings. The van der Waals surface area contributed by atoms with E-state index < -0.39 is 0 Å². The average molecular weight is 372 g/mol. The first-order valence-corrected chi connectivity index (χ1v) is 9.67. The van der Waals surface area contributed by atoms with Crippen LogP contribution in [0.15, 0.2) is 54.9 Å². The minimum atomic E-state index is -0.125. The number of nitrogens with zero attached hydrogens (tertiary/aromatic N) is 3. The zero-order valence-corrected chi connectivity index (χ0v) is 16.3. The Morgan fingerprint density at radius 1 is 1.00 bits per heavy atom. The molecule has 0 atom stereocenters. The van der Waals surface area contributed by atoms with Crippen LogP contribution in [-0.4, -0.2) is 29.0 Å². The van der Waals surface area contributed by atoms with Crippen molar-refractivity contribution in [1.29, 1.82) is 0 Å². The number of hydrogen-bond donors (Lipinski definition) is 1. The summed E-state index contributed by atoms with van der Waals surface area (Å²) in [5.41, 5.74) is 5.40. The molecule has 5 nitrogen and oxygen atoms in total. The molecule has 0 radical (unpaired) electrons. The van der Waals surface area contributed by atoms with Crippen LogP contribution < -0.4 is 10.2 Å². The molecule has 0 unspecified atom stereocenters. The maximum absolute atomic E-state index is 12.8. The summed E-state index contributed by atoms with van der Waals surface area (Å²) >= 11 is 0. The fraction of sp³-hybridized carbons (Fsp3) is 0.261. The van der Waals surface area contributed by atoms with Crippen LogP contribution >= 0.6 is 0 Å². The van der Waals surface area contributed by atoms with Crippen LogP contribution in [0.4, 0.5) is 11.5 Å². The lowest BCUT2D eigenvalue weighted by molar-refractivity contribution is 0.102. The Balaban J connectivity index is 1.62. The second-order valence-corrected chi connectivity index (χ2v) is 7.28. The predicted molar refractivity (Wildman–Crippen MR) is 113 cm³/mol. The van der Waals surface area contributed by atoms with Gasteiger partial charge in [0, 0.05) is 42.3 Å². The Morgan fingerprint density at radius 2 is 1.79 bits per heavy atom. The molecule has 0 saturated carbocycles. The fourth-order valence-corrected chi connectivity index (χ4v) is 3.65. The van der Waals surface area contributed by atoms with Crippen molar-refractivity contribution in [2.24, 2.45) is 0 Å². The predicted octanol–water partition coefficient (Wildman–Crippen LogP) is 4.61. The highest BCUT2D eigenvalue weighted by atomic mass is 16.1. The minimum absolute atomic E-state index is 0.125. The van der Waals surface area contributed by atoms with Crippen LogP contribution in [0.25, 0.3) is 11.3 Å². The molecule has 1 aliphatic rings. The van der Waals surface area contributed by atoms with Gasteiger partial charge >= 0.3 is 0 Å². The number of aromatic nitrogens is 2. The molecule has 0 aliphatic carbocycles. The van der Waals surface area contributed by atoms with Crippen molar-refractivity contribution in [3.05, 3.63) is 71.5 Å². The topological polar surface area (TPSA) is 58.1 Å². The van der Waals surface area contributed by atoms with Gasteiger partial charge in [0.2, 0.25) is 0 Å². The van der Waals surface area contributed by atoms with Gasteiger partial charge < -0.3 is 10.2 Å². The second-order valence-electron chi connectivity index (χ2n) is 7.28. The first-order valence-electron chi connectivity index (χ1n) is 9.67. The third kappa shape index (κ3) is 3.74. The van der Waals surface area contributed by atoms with Gasteiger partial charge in [-0.2, -0.15) is 0 Å². The third-order valence-electron chi connectivity index (χ3n) is 5.11. The van der Waals surface area contributed by atoms with Gasteiger partial charge in [-0.15, -0.1) is 0 Å². The van der Waals surface area contributed by atoms with Crippen molar-refractivity contribution in [2.45, 2.75) is 26.7 Å². The minimum Gasteiger partial charge on any atom is -0.355 e. The summed E-state index contributed by atoms with van der Waals surface area (Å²) < 4.78 is 0. The molecule has 2 aromatic carbocycles. The van der Waals surface area contributed by atoms with E-state index in [-0.39, 0.29) is 5.91 Å². The molecule has 28 heavy (non-hydrogen) atoms. The number of nitrogens with one attached hydrogen (secondary N) is 1. The fourth-order valence-electron chi connectivity index (χ4n) is 3.65. The SMILES string of the molecule is Cc1ccc(NC(=O)c2cccc(-c3nccnc3N3CCCC3)c2)c(C)c1. The Kier molecular flexibility index (Phi) is 5.06. The van der Waals surface area contributed by atoms with Gasteiger partial charge in [-0.25, -0.2) is 4.98 Å².